The van der Waals surface area contributed by atoms with Gasteiger partial charge in [0.05, 0.1) is 26.3 Å². The number of benzene rings is 1. The fourth-order valence-corrected chi connectivity index (χ4v) is 2.89. The second-order valence-corrected chi connectivity index (χ2v) is 8.63. The molecule has 13 heteroatoms. The Morgan fingerprint density at radius 3 is 2.21 bits per heavy atom. The quantitative estimate of drug-likeness (QED) is 0.104. The van der Waals surface area contributed by atoms with Crippen LogP contribution in [0.3, 0.4) is 0 Å². The second-order valence-electron chi connectivity index (χ2n) is 8.63. The summed E-state index contributed by atoms with van der Waals surface area (Å²) in [5.74, 6) is -1.68. The van der Waals surface area contributed by atoms with Crippen molar-refractivity contribution in [2.24, 2.45) is 11.8 Å². The van der Waals surface area contributed by atoms with Crippen molar-refractivity contribution in [2.45, 2.75) is 52.0 Å². The molecule has 1 saturated carbocycles. The standard InChI is InChI=1S/C10H8F2O.C8H16N2O2.C7H15NO2.CH5NO2/c11-9-2-1-6(4-10(9)12)8-3-7(8)5-13;1-6(2)7(5-11)10-8(12)4-9-3;1-3-10-7(9)5-4-6-8-2;1-4-2-3/h1-2,4-5,7-8H,3H2;5-7,9H,4H2,1-3H3,(H,10,12);8H,3-6H2,1-2H3;2-3H,1H3. The Morgan fingerprint density at radius 2 is 1.79 bits per heavy atom. The van der Waals surface area contributed by atoms with Crippen LogP contribution in [-0.2, 0) is 28.8 Å². The monoisotopic (exact) mass is 562 g/mol. The number of aldehydes is 2. The van der Waals surface area contributed by atoms with Crippen LogP contribution in [0.5, 0.6) is 0 Å². The Bertz CT molecular complexity index is 829. The minimum atomic E-state index is -0.841. The normalized spacial score (nSPS) is 15.6. The highest BCUT2D eigenvalue weighted by atomic mass is 19.2. The van der Waals surface area contributed by atoms with Gasteiger partial charge in [0.1, 0.15) is 12.6 Å². The summed E-state index contributed by atoms with van der Waals surface area (Å²) < 4.78 is 30.0. The molecule has 0 bridgehead atoms. The predicted octanol–water partition coefficient (Wildman–Crippen LogP) is 1.89. The van der Waals surface area contributed by atoms with Crippen molar-refractivity contribution in [3.63, 3.8) is 0 Å². The molecule has 5 N–H and O–H groups in total. The van der Waals surface area contributed by atoms with Gasteiger partial charge in [0.15, 0.2) is 11.6 Å². The van der Waals surface area contributed by atoms with Gasteiger partial charge >= 0.3 is 5.97 Å². The van der Waals surface area contributed by atoms with Gasteiger partial charge in [0.2, 0.25) is 5.91 Å². The molecular formula is C26H44F2N4O7. The van der Waals surface area contributed by atoms with Crippen molar-refractivity contribution in [2.75, 3.05) is 40.9 Å². The van der Waals surface area contributed by atoms with Crippen LogP contribution < -0.4 is 21.6 Å². The summed E-state index contributed by atoms with van der Waals surface area (Å²) in [4.78, 5) is 46.3. The fourth-order valence-electron chi connectivity index (χ4n) is 2.89. The number of carbonyl (C=O) groups excluding carboxylic acids is 4. The van der Waals surface area contributed by atoms with Gasteiger partial charge in [-0.3, -0.25) is 19.6 Å². The van der Waals surface area contributed by atoms with Gasteiger partial charge in [-0.2, -0.15) is 0 Å². The zero-order valence-electron chi connectivity index (χ0n) is 23.6. The third kappa shape index (κ3) is 19.8. The third-order valence-corrected chi connectivity index (χ3v) is 5.12. The molecule has 0 saturated heterocycles. The highest BCUT2D eigenvalue weighted by molar-refractivity contribution is 5.81. The number of nitrogens with one attached hydrogen (secondary N) is 4. The van der Waals surface area contributed by atoms with E-state index in [0.29, 0.717) is 13.0 Å². The van der Waals surface area contributed by atoms with Crippen LogP contribution in [0, 0.1) is 23.5 Å². The third-order valence-electron chi connectivity index (χ3n) is 5.12. The average Bonchev–Trinajstić information content (AvgIpc) is 3.70. The Labute approximate surface area is 229 Å². The summed E-state index contributed by atoms with van der Waals surface area (Å²) in [6.45, 7) is 7.20. The van der Waals surface area contributed by atoms with E-state index in [9.17, 15) is 28.0 Å². The van der Waals surface area contributed by atoms with Gasteiger partial charge in [-0.1, -0.05) is 25.6 Å². The van der Waals surface area contributed by atoms with Crippen LogP contribution in [0.2, 0.25) is 0 Å². The Kier molecular flexibility index (Phi) is 23.8. The Morgan fingerprint density at radius 1 is 1.15 bits per heavy atom. The van der Waals surface area contributed by atoms with Gasteiger partial charge in [0, 0.05) is 12.3 Å². The van der Waals surface area contributed by atoms with Crippen LogP contribution in [0.1, 0.15) is 51.5 Å². The molecule has 3 atom stereocenters. The molecular weight excluding hydrogens is 518 g/mol. The van der Waals surface area contributed by atoms with Crippen molar-refractivity contribution >= 4 is 24.4 Å². The molecule has 1 aromatic rings. The molecule has 0 heterocycles. The molecule has 2 rings (SSSR count). The molecule has 3 unspecified atom stereocenters. The number of carbonyl (C=O) groups is 4. The van der Waals surface area contributed by atoms with Crippen LogP contribution in [-0.4, -0.2) is 76.6 Å². The maximum absolute atomic E-state index is 12.7. The maximum atomic E-state index is 12.7. The number of halogens is 2. The SMILES string of the molecule is CCOC(=O)CCCNC.CNCC(=O)NC(C=O)C(C)C.CONO.O=CC1CC1c1ccc(F)c(F)c1. The molecule has 224 valence electrons. The van der Waals surface area contributed by atoms with Gasteiger partial charge in [-0.05, 0) is 69.9 Å². The second kappa shape index (κ2) is 24.2. The lowest BCUT2D eigenvalue weighted by Crippen LogP contribution is -2.43. The van der Waals surface area contributed by atoms with Crippen molar-refractivity contribution in [1.29, 1.82) is 0 Å². The Balaban J connectivity index is 0. The molecule has 1 amide bonds. The number of ether oxygens (including phenoxy) is 1. The lowest BCUT2D eigenvalue weighted by atomic mass is 10.1. The number of esters is 1. The number of amides is 1. The number of hydrogen-bond donors (Lipinski definition) is 5. The number of rotatable bonds is 13. The summed E-state index contributed by atoms with van der Waals surface area (Å²) in [5, 5.41) is 15.7. The van der Waals surface area contributed by atoms with E-state index in [1.807, 2.05) is 27.8 Å². The van der Waals surface area contributed by atoms with Crippen LogP contribution in [0.15, 0.2) is 18.2 Å². The minimum Gasteiger partial charge on any atom is -0.466 e. The number of hydrogen-bond acceptors (Lipinski definition) is 10. The lowest BCUT2D eigenvalue weighted by molar-refractivity contribution is -0.143. The van der Waals surface area contributed by atoms with E-state index in [1.54, 1.807) is 7.05 Å². The average molecular weight is 563 g/mol. The summed E-state index contributed by atoms with van der Waals surface area (Å²) in [7, 11) is 4.87. The zero-order valence-corrected chi connectivity index (χ0v) is 23.6. The van der Waals surface area contributed by atoms with Crippen molar-refractivity contribution in [3.8, 4) is 0 Å². The van der Waals surface area contributed by atoms with E-state index in [1.165, 1.54) is 24.9 Å². The molecule has 11 nitrogen and oxygen atoms in total. The van der Waals surface area contributed by atoms with Crippen LogP contribution in [0.4, 0.5) is 8.78 Å². The van der Waals surface area contributed by atoms with Crippen LogP contribution in [0.25, 0.3) is 0 Å². The van der Waals surface area contributed by atoms with Gasteiger partial charge in [0.25, 0.3) is 0 Å². The van der Waals surface area contributed by atoms with E-state index in [4.69, 9.17) is 9.94 Å². The first kappa shape index (κ1) is 38.3. The summed E-state index contributed by atoms with van der Waals surface area (Å²) in [5.41, 5.74) is 2.15. The van der Waals surface area contributed by atoms with E-state index < -0.39 is 11.6 Å². The minimum absolute atomic E-state index is 0.00450. The summed E-state index contributed by atoms with van der Waals surface area (Å²) in [6, 6.07) is 3.44. The molecule has 0 spiro atoms. The molecule has 0 aromatic heterocycles. The maximum Gasteiger partial charge on any atom is 0.305 e. The van der Waals surface area contributed by atoms with E-state index in [0.717, 1.165) is 43.6 Å². The molecule has 1 aliphatic rings. The first-order valence-electron chi connectivity index (χ1n) is 12.6. The van der Waals surface area contributed by atoms with Gasteiger partial charge < -0.3 is 30.3 Å². The highest BCUT2D eigenvalue weighted by Crippen LogP contribution is 2.46. The smallest absolute Gasteiger partial charge is 0.305 e. The fraction of sp³-hybridized carbons (Fsp3) is 0.615. The molecule has 1 fully saturated rings. The van der Waals surface area contributed by atoms with E-state index in [2.05, 4.69) is 20.8 Å². The van der Waals surface area contributed by atoms with Crippen molar-refractivity contribution in [1.82, 2.24) is 21.6 Å². The predicted molar refractivity (Wildman–Crippen MR) is 142 cm³/mol. The zero-order chi connectivity index (χ0) is 30.2. The summed E-state index contributed by atoms with van der Waals surface area (Å²) in [6.07, 6.45) is 3.77. The van der Waals surface area contributed by atoms with E-state index in [-0.39, 0.29) is 42.2 Å². The Hall–Kier alpha value is -2.84. The lowest BCUT2D eigenvalue weighted by Gasteiger charge is -2.15. The van der Waals surface area contributed by atoms with Crippen molar-refractivity contribution < 1.29 is 42.7 Å². The first-order valence-corrected chi connectivity index (χ1v) is 12.6. The molecule has 39 heavy (non-hydrogen) atoms. The highest BCUT2D eigenvalue weighted by Gasteiger charge is 2.38. The van der Waals surface area contributed by atoms with Gasteiger partial charge in [-0.25, -0.2) is 8.78 Å². The van der Waals surface area contributed by atoms with Gasteiger partial charge in [-0.15, -0.1) is 0 Å². The summed E-state index contributed by atoms with van der Waals surface area (Å²) >= 11 is 0. The van der Waals surface area contributed by atoms with Crippen molar-refractivity contribution in [3.05, 3.63) is 35.4 Å². The molecule has 1 aromatic carbocycles. The molecule has 0 aliphatic heterocycles. The number of likely N-dealkylation sites (N-methyl/N-ethyl adjacent to an activating group) is 1. The van der Waals surface area contributed by atoms with Crippen LogP contribution >= 0.6 is 0 Å². The largest absolute Gasteiger partial charge is 0.466 e. The molecule has 1 aliphatic carbocycles. The molecule has 0 radical (unpaired) electrons. The topological polar surface area (TPSA) is 155 Å². The van der Waals surface area contributed by atoms with E-state index >= 15 is 0 Å². The first-order chi connectivity index (χ1) is 18.6.